The smallest absolute Gasteiger partial charge is 0.320 e. The Bertz CT molecular complexity index is 586. The normalized spacial score (nSPS) is 27.9. The molecule has 1 aliphatic heterocycles. The maximum Gasteiger partial charge on any atom is 0.351 e. The van der Waals surface area contributed by atoms with Crippen LogP contribution in [-0.4, -0.2) is 15.4 Å². The molecule has 1 aromatic heterocycles. The number of nitrogens with two attached hydrogens (primary N) is 2. The number of anilines is 1. The van der Waals surface area contributed by atoms with E-state index in [0.717, 1.165) is 11.6 Å². The maximum absolute atomic E-state index is 6.35. The molecule has 0 spiro atoms. The van der Waals surface area contributed by atoms with Gasteiger partial charge in [0.1, 0.15) is 0 Å². The lowest BCUT2D eigenvalue weighted by Gasteiger charge is -2.21. The molecule has 0 saturated heterocycles. The van der Waals surface area contributed by atoms with E-state index in [0.29, 0.717) is 12.1 Å². The molecule has 6 heteroatoms. The number of hydrogen-bond acceptors (Lipinski definition) is 3. The first kappa shape index (κ1) is 13.4. The summed E-state index contributed by atoms with van der Waals surface area (Å²) in [6.07, 6.45) is 12.7. The Morgan fingerprint density at radius 3 is 2.19 bits per heavy atom. The van der Waals surface area contributed by atoms with E-state index in [2.05, 4.69) is 9.25 Å². The van der Waals surface area contributed by atoms with Crippen molar-refractivity contribution < 1.29 is 4.57 Å². The van der Waals surface area contributed by atoms with E-state index >= 15 is 0 Å². The molecule has 0 aromatic carbocycles. The van der Waals surface area contributed by atoms with Gasteiger partial charge in [0.25, 0.3) is 6.29 Å². The number of hydrogen-bond donors (Lipinski definition) is 2. The van der Waals surface area contributed by atoms with Crippen LogP contribution in [0.2, 0.25) is 0 Å². The SMILES string of the molecule is Nc1n2n(c(=NC3CCCCC3)[n+]1C1CCCCC1)C2N. The van der Waals surface area contributed by atoms with Crippen molar-refractivity contribution >= 4 is 5.95 Å². The minimum atomic E-state index is -0.0906. The lowest BCUT2D eigenvalue weighted by Crippen LogP contribution is -2.57. The Hall–Kier alpha value is -1.30. The average molecular weight is 291 g/mol. The second-order valence-electron chi connectivity index (χ2n) is 6.84. The molecule has 4 rings (SSSR count). The fourth-order valence-electron chi connectivity index (χ4n) is 4.15. The van der Waals surface area contributed by atoms with Crippen molar-refractivity contribution in [1.29, 1.82) is 0 Å². The third-order valence-corrected chi connectivity index (χ3v) is 5.39. The monoisotopic (exact) mass is 291 g/mol. The number of nitrogen functional groups attached to an aromatic ring is 1. The van der Waals surface area contributed by atoms with E-state index in [4.69, 9.17) is 16.5 Å². The molecule has 1 aromatic rings. The van der Waals surface area contributed by atoms with Crippen molar-refractivity contribution in [3.8, 4) is 0 Å². The first-order chi connectivity index (χ1) is 10.3. The molecule has 2 heterocycles. The van der Waals surface area contributed by atoms with E-state index in [9.17, 15) is 0 Å². The second-order valence-corrected chi connectivity index (χ2v) is 6.84. The molecule has 6 nitrogen and oxygen atoms in total. The van der Waals surface area contributed by atoms with Crippen molar-refractivity contribution in [2.24, 2.45) is 10.7 Å². The number of fused-ring (bicyclic) bond motifs is 1. The predicted octanol–water partition coefficient (Wildman–Crippen LogP) is 1.17. The number of nitrogens with zero attached hydrogens (tertiary/aromatic N) is 4. The van der Waals surface area contributed by atoms with Crippen LogP contribution in [0.25, 0.3) is 0 Å². The molecule has 21 heavy (non-hydrogen) atoms. The molecule has 1 atom stereocenters. The van der Waals surface area contributed by atoms with Gasteiger partial charge in [0.2, 0.25) is 0 Å². The van der Waals surface area contributed by atoms with Crippen molar-refractivity contribution in [3.63, 3.8) is 0 Å². The Labute approximate surface area is 125 Å². The molecular formula is C15H27N6+. The summed E-state index contributed by atoms with van der Waals surface area (Å²) in [5.74, 6) is 0.795. The third kappa shape index (κ3) is 2.20. The van der Waals surface area contributed by atoms with Gasteiger partial charge in [-0.3, -0.25) is 5.73 Å². The molecular weight excluding hydrogens is 264 g/mol. The topological polar surface area (TPSA) is 78.1 Å². The molecule has 116 valence electrons. The van der Waals surface area contributed by atoms with Crippen LogP contribution < -0.4 is 21.7 Å². The number of aromatic nitrogens is 3. The molecule has 3 aliphatic rings. The first-order valence-corrected chi connectivity index (χ1v) is 8.61. The Balaban J connectivity index is 1.73. The van der Waals surface area contributed by atoms with Gasteiger partial charge in [-0.25, -0.2) is 4.57 Å². The Morgan fingerprint density at radius 2 is 1.52 bits per heavy atom. The summed E-state index contributed by atoms with van der Waals surface area (Å²) in [5.41, 5.74) is 13.5. The second kappa shape index (κ2) is 5.16. The highest BCUT2D eigenvalue weighted by Crippen LogP contribution is 2.27. The summed E-state index contributed by atoms with van der Waals surface area (Å²) in [5, 5.41) is 0. The van der Waals surface area contributed by atoms with Crippen LogP contribution in [0.1, 0.15) is 76.5 Å². The third-order valence-electron chi connectivity index (χ3n) is 5.39. The largest absolute Gasteiger partial charge is 0.351 e. The quantitative estimate of drug-likeness (QED) is 0.802. The van der Waals surface area contributed by atoms with Gasteiger partial charge >= 0.3 is 11.6 Å². The van der Waals surface area contributed by atoms with Crippen molar-refractivity contribution in [3.05, 3.63) is 5.62 Å². The predicted molar refractivity (Wildman–Crippen MR) is 80.2 cm³/mol. The van der Waals surface area contributed by atoms with E-state index < -0.39 is 0 Å². The van der Waals surface area contributed by atoms with Gasteiger partial charge in [0.15, 0.2) is 0 Å². The zero-order valence-corrected chi connectivity index (χ0v) is 12.7. The molecule has 2 saturated carbocycles. The van der Waals surface area contributed by atoms with E-state index in [1.807, 2.05) is 4.68 Å². The minimum Gasteiger partial charge on any atom is -0.320 e. The molecule has 2 aliphatic carbocycles. The fraction of sp³-hybridized carbons (Fsp3) is 0.867. The minimum absolute atomic E-state index is 0.0906. The summed E-state index contributed by atoms with van der Waals surface area (Å²) in [4.78, 5) is 5.06. The Morgan fingerprint density at radius 1 is 0.905 bits per heavy atom. The highest BCUT2D eigenvalue weighted by Gasteiger charge is 2.45. The van der Waals surface area contributed by atoms with Crippen LogP contribution in [0.5, 0.6) is 0 Å². The Kier molecular flexibility index (Phi) is 3.28. The van der Waals surface area contributed by atoms with Crippen LogP contribution in [-0.2, 0) is 0 Å². The molecule has 2 fully saturated rings. The molecule has 0 amide bonds. The highest BCUT2D eigenvalue weighted by molar-refractivity contribution is 5.12. The summed E-state index contributed by atoms with van der Waals surface area (Å²) in [7, 11) is 0. The highest BCUT2D eigenvalue weighted by atomic mass is 15.7. The van der Waals surface area contributed by atoms with Crippen molar-refractivity contribution in [1.82, 2.24) is 9.36 Å². The lowest BCUT2D eigenvalue weighted by atomic mass is 9.95. The van der Waals surface area contributed by atoms with E-state index in [1.54, 1.807) is 0 Å². The molecule has 4 N–H and O–H groups in total. The van der Waals surface area contributed by atoms with Crippen LogP contribution >= 0.6 is 0 Å². The van der Waals surface area contributed by atoms with Gasteiger partial charge < -0.3 is 5.73 Å². The summed E-state index contributed by atoms with van der Waals surface area (Å²) in [6, 6.07) is 0.974. The summed E-state index contributed by atoms with van der Waals surface area (Å²) in [6.45, 7) is 0. The maximum atomic E-state index is 6.35. The van der Waals surface area contributed by atoms with Gasteiger partial charge in [-0.2, -0.15) is 4.99 Å². The van der Waals surface area contributed by atoms with Crippen LogP contribution in [0.3, 0.4) is 0 Å². The zero-order valence-electron chi connectivity index (χ0n) is 12.7. The van der Waals surface area contributed by atoms with Gasteiger partial charge in [0, 0.05) is 0 Å². The van der Waals surface area contributed by atoms with Crippen LogP contribution in [0, 0.1) is 0 Å². The summed E-state index contributed by atoms with van der Waals surface area (Å²) < 4.78 is 6.33. The van der Waals surface area contributed by atoms with Gasteiger partial charge in [-0.1, -0.05) is 38.5 Å². The average Bonchev–Trinajstić information content (AvgIpc) is 3.09. The van der Waals surface area contributed by atoms with E-state index in [1.165, 1.54) is 64.2 Å². The lowest BCUT2D eigenvalue weighted by molar-refractivity contribution is -0.730. The number of rotatable bonds is 2. The van der Waals surface area contributed by atoms with Gasteiger partial charge in [-0.05, 0) is 25.7 Å². The summed E-state index contributed by atoms with van der Waals surface area (Å²) >= 11 is 0. The molecule has 0 bridgehead atoms. The van der Waals surface area contributed by atoms with E-state index in [-0.39, 0.29) is 6.29 Å². The molecule has 1 unspecified atom stereocenters. The van der Waals surface area contributed by atoms with Gasteiger partial charge in [-0.15, -0.1) is 9.36 Å². The van der Waals surface area contributed by atoms with Crippen molar-refractivity contribution in [2.75, 3.05) is 5.73 Å². The zero-order chi connectivity index (χ0) is 14.4. The van der Waals surface area contributed by atoms with Gasteiger partial charge in [0.05, 0.1) is 12.1 Å². The fourth-order valence-corrected chi connectivity index (χ4v) is 4.15. The van der Waals surface area contributed by atoms with Crippen molar-refractivity contribution in [2.45, 2.75) is 82.6 Å². The standard InChI is InChI=1S/C15H26N6/c16-13-19(12-9-5-2-6-10-12)15(21-14(17)20(13)21)18-11-7-3-1-4-8-11/h11-12,14,16H,1-10,17H2/p+1. The molecule has 0 radical (unpaired) electrons. The first-order valence-electron chi connectivity index (χ1n) is 8.61. The van der Waals surface area contributed by atoms with Crippen LogP contribution in [0.15, 0.2) is 4.99 Å². The van der Waals surface area contributed by atoms with Crippen LogP contribution in [0.4, 0.5) is 5.95 Å².